The Hall–Kier alpha value is -0.0800. The van der Waals surface area contributed by atoms with Gasteiger partial charge in [-0.2, -0.15) is 0 Å². The molecule has 2 heteroatoms. The van der Waals surface area contributed by atoms with Crippen molar-refractivity contribution in [2.45, 2.75) is 46.1 Å². The van der Waals surface area contributed by atoms with Crippen molar-refractivity contribution >= 4 is 0 Å². The van der Waals surface area contributed by atoms with Gasteiger partial charge in [0.25, 0.3) is 0 Å². The van der Waals surface area contributed by atoms with E-state index < -0.39 is 0 Å². The largest absolute Gasteiger partial charge is 0.296 e. The van der Waals surface area contributed by atoms with Crippen LogP contribution in [0, 0.1) is 0 Å². The molecule has 0 saturated carbocycles. The first-order valence-electron chi connectivity index (χ1n) is 3.97. The highest BCUT2D eigenvalue weighted by atomic mass is 16.7. The predicted molar refractivity (Wildman–Crippen MR) is 43.7 cm³/mol. The molecule has 0 aliphatic heterocycles. The lowest BCUT2D eigenvalue weighted by Crippen LogP contribution is -2.29. The molecule has 0 unspecified atom stereocenters. The second-order valence-corrected chi connectivity index (χ2v) is 3.46. The first-order valence-corrected chi connectivity index (χ1v) is 3.97. The fraction of sp³-hybridized carbons (Fsp3) is 1.00. The minimum absolute atomic E-state index is 0.0618. The lowest BCUT2D eigenvalue weighted by molar-refractivity contribution is -0.0725. The third kappa shape index (κ3) is 7.92. The molecule has 0 rings (SSSR count). The van der Waals surface area contributed by atoms with Gasteiger partial charge in [-0.3, -0.25) is 4.84 Å². The summed E-state index contributed by atoms with van der Waals surface area (Å²) in [5, 5.41) is 0. The van der Waals surface area contributed by atoms with Crippen LogP contribution in [-0.4, -0.2) is 12.1 Å². The van der Waals surface area contributed by atoms with Crippen LogP contribution in [0.4, 0.5) is 0 Å². The smallest absolute Gasteiger partial charge is 0.0812 e. The first kappa shape index (κ1) is 9.92. The third-order valence-corrected chi connectivity index (χ3v) is 1.01. The maximum Gasteiger partial charge on any atom is 0.0812 e. The van der Waals surface area contributed by atoms with Gasteiger partial charge in [0.2, 0.25) is 0 Å². The number of unbranched alkanes of at least 4 members (excludes halogenated alkanes) is 1. The Morgan fingerprint density at radius 1 is 1.30 bits per heavy atom. The van der Waals surface area contributed by atoms with Crippen LogP contribution in [0.3, 0.4) is 0 Å². The monoisotopic (exact) mass is 145 g/mol. The highest BCUT2D eigenvalue weighted by molar-refractivity contribution is 4.56. The Labute approximate surface area is 63.9 Å². The van der Waals surface area contributed by atoms with Crippen molar-refractivity contribution in [1.29, 1.82) is 0 Å². The molecule has 0 aliphatic carbocycles. The van der Waals surface area contributed by atoms with Crippen molar-refractivity contribution in [3.05, 3.63) is 0 Å². The lowest BCUT2D eigenvalue weighted by atomic mass is 10.2. The van der Waals surface area contributed by atoms with E-state index in [1.165, 1.54) is 12.8 Å². The summed E-state index contributed by atoms with van der Waals surface area (Å²) in [6.45, 7) is 9.22. The van der Waals surface area contributed by atoms with Crippen molar-refractivity contribution in [2.75, 3.05) is 6.54 Å². The highest BCUT2D eigenvalue weighted by Crippen LogP contribution is 2.03. The van der Waals surface area contributed by atoms with Crippen LogP contribution in [0.25, 0.3) is 0 Å². The number of rotatable bonds is 4. The van der Waals surface area contributed by atoms with Gasteiger partial charge < -0.3 is 0 Å². The van der Waals surface area contributed by atoms with Crippen molar-refractivity contribution in [1.82, 2.24) is 5.48 Å². The van der Waals surface area contributed by atoms with Crippen LogP contribution in [0.2, 0.25) is 0 Å². The second kappa shape index (κ2) is 4.69. The number of hydrogen-bond acceptors (Lipinski definition) is 2. The van der Waals surface area contributed by atoms with E-state index in [2.05, 4.69) is 12.4 Å². The average Bonchev–Trinajstić information content (AvgIpc) is 1.78. The van der Waals surface area contributed by atoms with Gasteiger partial charge in [0.15, 0.2) is 0 Å². The molecule has 2 nitrogen and oxygen atoms in total. The molecule has 10 heavy (non-hydrogen) atoms. The summed E-state index contributed by atoms with van der Waals surface area (Å²) in [5.41, 5.74) is 2.86. The third-order valence-electron chi connectivity index (χ3n) is 1.01. The molecule has 62 valence electrons. The number of hydrogen-bond donors (Lipinski definition) is 1. The van der Waals surface area contributed by atoms with Gasteiger partial charge in [0, 0.05) is 6.54 Å². The van der Waals surface area contributed by atoms with Gasteiger partial charge in [-0.1, -0.05) is 13.3 Å². The van der Waals surface area contributed by atoms with E-state index >= 15 is 0 Å². The molecule has 0 amide bonds. The van der Waals surface area contributed by atoms with E-state index in [-0.39, 0.29) is 5.60 Å². The Balaban J connectivity index is 3.04. The van der Waals surface area contributed by atoms with Crippen LogP contribution in [0.1, 0.15) is 40.5 Å². The predicted octanol–water partition coefficient (Wildman–Crippen LogP) is 2.11. The van der Waals surface area contributed by atoms with E-state index in [0.717, 1.165) is 6.54 Å². The van der Waals surface area contributed by atoms with Crippen LogP contribution in [-0.2, 0) is 4.84 Å². The molecule has 1 N–H and O–H groups in total. The lowest BCUT2D eigenvalue weighted by Gasteiger charge is -2.18. The average molecular weight is 145 g/mol. The van der Waals surface area contributed by atoms with Gasteiger partial charge in [0.1, 0.15) is 0 Å². The quantitative estimate of drug-likeness (QED) is 0.483. The summed E-state index contributed by atoms with van der Waals surface area (Å²) >= 11 is 0. The summed E-state index contributed by atoms with van der Waals surface area (Å²) in [7, 11) is 0. The summed E-state index contributed by atoms with van der Waals surface area (Å²) in [4.78, 5) is 5.28. The summed E-state index contributed by atoms with van der Waals surface area (Å²) in [6, 6.07) is 0. The molecule has 0 atom stereocenters. The van der Waals surface area contributed by atoms with Gasteiger partial charge in [-0.05, 0) is 27.2 Å². The van der Waals surface area contributed by atoms with E-state index in [4.69, 9.17) is 4.84 Å². The Bertz CT molecular complexity index is 75.8. The SMILES string of the molecule is CCCCNOC(C)(C)C. The van der Waals surface area contributed by atoms with Gasteiger partial charge in [-0.25, -0.2) is 5.48 Å². The Morgan fingerprint density at radius 2 is 1.90 bits per heavy atom. The molecule has 0 aromatic rings. The summed E-state index contributed by atoms with van der Waals surface area (Å²) in [6.07, 6.45) is 2.39. The zero-order valence-electron chi connectivity index (χ0n) is 7.53. The van der Waals surface area contributed by atoms with Gasteiger partial charge in [-0.15, -0.1) is 0 Å². The number of nitrogens with one attached hydrogen (secondary N) is 1. The van der Waals surface area contributed by atoms with E-state index in [1.807, 2.05) is 20.8 Å². The molecular weight excluding hydrogens is 126 g/mol. The van der Waals surface area contributed by atoms with E-state index in [9.17, 15) is 0 Å². The van der Waals surface area contributed by atoms with Crippen molar-refractivity contribution in [3.63, 3.8) is 0 Å². The minimum Gasteiger partial charge on any atom is -0.296 e. The van der Waals surface area contributed by atoms with Crippen molar-refractivity contribution in [3.8, 4) is 0 Å². The maximum atomic E-state index is 5.28. The fourth-order valence-electron chi connectivity index (χ4n) is 0.516. The molecule has 0 aromatic carbocycles. The first-order chi connectivity index (χ1) is 4.56. The zero-order valence-corrected chi connectivity index (χ0v) is 7.53. The minimum atomic E-state index is -0.0618. The molecule has 0 spiro atoms. The van der Waals surface area contributed by atoms with E-state index in [1.54, 1.807) is 0 Å². The molecule has 0 aliphatic rings. The molecule has 0 heterocycles. The second-order valence-electron chi connectivity index (χ2n) is 3.46. The van der Waals surface area contributed by atoms with Crippen molar-refractivity contribution < 1.29 is 4.84 Å². The molecule has 0 saturated heterocycles. The van der Waals surface area contributed by atoms with Crippen LogP contribution < -0.4 is 5.48 Å². The number of hydroxylamine groups is 1. The molecule has 0 aromatic heterocycles. The zero-order chi connectivity index (χ0) is 8.04. The Morgan fingerprint density at radius 3 is 2.30 bits per heavy atom. The van der Waals surface area contributed by atoms with E-state index in [0.29, 0.717) is 0 Å². The van der Waals surface area contributed by atoms with Crippen molar-refractivity contribution in [2.24, 2.45) is 0 Å². The molecule has 0 fully saturated rings. The van der Waals surface area contributed by atoms with Gasteiger partial charge >= 0.3 is 0 Å². The van der Waals surface area contributed by atoms with Crippen LogP contribution >= 0.6 is 0 Å². The maximum absolute atomic E-state index is 5.28. The standard InChI is InChI=1S/C8H19NO/c1-5-6-7-9-10-8(2,3)4/h9H,5-7H2,1-4H3. The molecule has 0 bridgehead atoms. The highest BCUT2D eigenvalue weighted by Gasteiger charge is 2.08. The summed E-state index contributed by atoms with van der Waals surface area (Å²) < 4.78 is 0. The molecular formula is C8H19NO. The summed E-state index contributed by atoms with van der Waals surface area (Å²) in [5.74, 6) is 0. The van der Waals surface area contributed by atoms with Gasteiger partial charge in [0.05, 0.1) is 5.60 Å². The molecule has 0 radical (unpaired) electrons. The fourth-order valence-corrected chi connectivity index (χ4v) is 0.516. The topological polar surface area (TPSA) is 21.3 Å². The van der Waals surface area contributed by atoms with Crippen LogP contribution in [0.5, 0.6) is 0 Å². The van der Waals surface area contributed by atoms with Crippen LogP contribution in [0.15, 0.2) is 0 Å². The Kier molecular flexibility index (Phi) is 4.65. The normalized spacial score (nSPS) is 12.0.